The Balaban J connectivity index is 2.53. The average molecular weight is 419 g/mol. The zero-order chi connectivity index (χ0) is 20.6. The number of benzene rings is 2. The SMILES string of the molecule is COc1ccc(NS(=O)(=O)c2c(F)c(F)c(OC(F)(F)F)c(F)c2F)cc1. The molecule has 0 spiro atoms. The summed E-state index contributed by atoms with van der Waals surface area (Å²) in [6, 6.07) is 4.71. The highest BCUT2D eigenvalue weighted by Gasteiger charge is 2.39. The summed E-state index contributed by atoms with van der Waals surface area (Å²) in [5, 5.41) is 0. The van der Waals surface area contributed by atoms with E-state index >= 15 is 0 Å². The fraction of sp³-hybridized carbons (Fsp3) is 0.143. The minimum Gasteiger partial charge on any atom is -0.497 e. The van der Waals surface area contributed by atoms with Crippen LogP contribution < -0.4 is 14.2 Å². The summed E-state index contributed by atoms with van der Waals surface area (Å²) >= 11 is 0. The van der Waals surface area contributed by atoms with E-state index in [1.165, 1.54) is 19.2 Å². The highest BCUT2D eigenvalue weighted by atomic mass is 32.2. The molecule has 0 aliphatic carbocycles. The number of alkyl halides is 3. The lowest BCUT2D eigenvalue weighted by Gasteiger charge is -2.15. The zero-order valence-corrected chi connectivity index (χ0v) is 13.8. The van der Waals surface area contributed by atoms with Crippen molar-refractivity contribution in [3.8, 4) is 11.5 Å². The highest BCUT2D eigenvalue weighted by molar-refractivity contribution is 7.92. The van der Waals surface area contributed by atoms with Gasteiger partial charge in [0.15, 0.2) is 16.5 Å². The first-order valence-corrected chi connectivity index (χ1v) is 8.14. The van der Waals surface area contributed by atoms with Crippen LogP contribution in [0.15, 0.2) is 29.2 Å². The van der Waals surface area contributed by atoms with Crippen LogP contribution in [0.2, 0.25) is 0 Å². The van der Waals surface area contributed by atoms with Gasteiger partial charge in [-0.2, -0.15) is 8.78 Å². The Labute approximate surface area is 147 Å². The molecule has 0 radical (unpaired) electrons. The molecule has 0 fully saturated rings. The van der Waals surface area contributed by atoms with Gasteiger partial charge in [-0.05, 0) is 24.3 Å². The van der Waals surface area contributed by atoms with Crippen molar-refractivity contribution < 1.29 is 48.6 Å². The molecule has 0 aliphatic heterocycles. The van der Waals surface area contributed by atoms with Crippen molar-refractivity contribution in [1.29, 1.82) is 0 Å². The van der Waals surface area contributed by atoms with Crippen LogP contribution in [-0.2, 0) is 10.0 Å². The monoisotopic (exact) mass is 419 g/mol. The first kappa shape index (κ1) is 20.6. The first-order valence-electron chi connectivity index (χ1n) is 6.66. The van der Waals surface area contributed by atoms with Gasteiger partial charge in [0.05, 0.1) is 7.11 Å². The predicted octanol–water partition coefficient (Wildman–Crippen LogP) is 3.95. The van der Waals surface area contributed by atoms with Gasteiger partial charge in [-0.3, -0.25) is 4.72 Å². The van der Waals surface area contributed by atoms with Gasteiger partial charge in [-0.15, -0.1) is 13.2 Å². The standard InChI is InChI=1S/C14H8F7NO4S/c1-25-7-4-2-6(3-5-7)22-27(23,24)13-10(17)8(15)12(9(16)11(13)18)26-14(19,20)21/h2-5,22H,1H3. The van der Waals surface area contributed by atoms with E-state index in [0.29, 0.717) is 5.75 Å². The van der Waals surface area contributed by atoms with Crippen molar-refractivity contribution in [2.24, 2.45) is 0 Å². The third-order valence-corrected chi connectivity index (χ3v) is 4.41. The van der Waals surface area contributed by atoms with E-state index in [0.717, 1.165) is 12.1 Å². The number of halogens is 7. The summed E-state index contributed by atoms with van der Waals surface area (Å²) in [5.74, 6) is -12.7. The van der Waals surface area contributed by atoms with Gasteiger partial charge in [0, 0.05) is 5.69 Å². The fourth-order valence-corrected chi connectivity index (χ4v) is 3.10. The molecule has 5 nitrogen and oxygen atoms in total. The molecule has 0 heterocycles. The van der Waals surface area contributed by atoms with Gasteiger partial charge in [0.25, 0.3) is 10.0 Å². The molecular weight excluding hydrogens is 411 g/mol. The van der Waals surface area contributed by atoms with Crippen molar-refractivity contribution in [2.45, 2.75) is 11.3 Å². The Morgan fingerprint density at radius 2 is 1.37 bits per heavy atom. The number of hydrogen-bond donors (Lipinski definition) is 1. The quantitative estimate of drug-likeness (QED) is 0.589. The molecule has 148 valence electrons. The van der Waals surface area contributed by atoms with Gasteiger partial charge in [-0.25, -0.2) is 17.2 Å². The second-order valence-electron chi connectivity index (χ2n) is 4.80. The zero-order valence-electron chi connectivity index (χ0n) is 13.0. The van der Waals surface area contributed by atoms with Gasteiger partial charge in [0.1, 0.15) is 5.75 Å². The summed E-state index contributed by atoms with van der Waals surface area (Å²) in [4.78, 5) is -2.15. The number of sulfonamides is 1. The Morgan fingerprint density at radius 3 is 1.78 bits per heavy atom. The topological polar surface area (TPSA) is 64.6 Å². The lowest BCUT2D eigenvalue weighted by Crippen LogP contribution is -2.23. The van der Waals surface area contributed by atoms with Crippen LogP contribution in [0.4, 0.5) is 36.4 Å². The molecule has 0 atom stereocenters. The van der Waals surface area contributed by atoms with Crippen LogP contribution in [0.3, 0.4) is 0 Å². The molecule has 1 N–H and O–H groups in total. The maximum Gasteiger partial charge on any atom is 0.573 e. The lowest BCUT2D eigenvalue weighted by atomic mass is 10.3. The average Bonchev–Trinajstić information content (AvgIpc) is 2.56. The highest BCUT2D eigenvalue weighted by Crippen LogP contribution is 2.36. The third kappa shape index (κ3) is 4.35. The number of anilines is 1. The summed E-state index contributed by atoms with van der Waals surface area (Å²) in [6.07, 6.45) is -5.68. The van der Waals surface area contributed by atoms with Crippen LogP contribution >= 0.6 is 0 Å². The number of hydrogen-bond acceptors (Lipinski definition) is 4. The molecular formula is C14H8F7NO4S. The van der Waals surface area contributed by atoms with Gasteiger partial charge >= 0.3 is 6.36 Å². The second kappa shape index (κ2) is 7.13. The normalized spacial score (nSPS) is 12.0. The third-order valence-electron chi connectivity index (χ3n) is 3.01. The molecule has 0 saturated carbocycles. The van der Waals surface area contributed by atoms with Crippen molar-refractivity contribution in [3.63, 3.8) is 0 Å². The summed E-state index contributed by atoms with van der Waals surface area (Å²) in [7, 11) is -3.95. The van der Waals surface area contributed by atoms with E-state index in [9.17, 15) is 39.2 Å². The maximum atomic E-state index is 13.9. The van der Waals surface area contributed by atoms with Gasteiger partial charge in [0.2, 0.25) is 17.4 Å². The van der Waals surface area contributed by atoms with Gasteiger partial charge < -0.3 is 9.47 Å². The van der Waals surface area contributed by atoms with E-state index in [1.54, 1.807) is 4.72 Å². The van der Waals surface area contributed by atoms with E-state index in [-0.39, 0.29) is 5.69 Å². The smallest absolute Gasteiger partial charge is 0.497 e. The molecule has 0 bridgehead atoms. The summed E-state index contributed by atoms with van der Waals surface area (Å²) in [5.41, 5.74) is -0.272. The number of rotatable bonds is 5. The molecule has 0 aromatic heterocycles. The molecule has 13 heteroatoms. The predicted molar refractivity (Wildman–Crippen MR) is 76.8 cm³/mol. The molecule has 2 aromatic rings. The van der Waals surface area contributed by atoms with Gasteiger partial charge in [-0.1, -0.05) is 0 Å². The molecule has 27 heavy (non-hydrogen) atoms. The fourth-order valence-electron chi connectivity index (χ4n) is 1.90. The Morgan fingerprint density at radius 1 is 0.889 bits per heavy atom. The van der Waals surface area contributed by atoms with Crippen molar-refractivity contribution >= 4 is 15.7 Å². The number of nitrogens with one attached hydrogen (secondary N) is 1. The van der Waals surface area contributed by atoms with Crippen LogP contribution in [0.25, 0.3) is 0 Å². The molecule has 0 amide bonds. The maximum absolute atomic E-state index is 13.9. The first-order chi connectivity index (χ1) is 12.4. The largest absolute Gasteiger partial charge is 0.573 e. The van der Waals surface area contributed by atoms with Crippen LogP contribution in [-0.4, -0.2) is 21.9 Å². The van der Waals surface area contributed by atoms with E-state index in [1.807, 2.05) is 0 Å². The van der Waals surface area contributed by atoms with E-state index in [4.69, 9.17) is 4.74 Å². The van der Waals surface area contributed by atoms with E-state index in [2.05, 4.69) is 4.74 Å². The minimum atomic E-state index is -5.68. The van der Waals surface area contributed by atoms with Crippen molar-refractivity contribution in [1.82, 2.24) is 0 Å². The van der Waals surface area contributed by atoms with Crippen molar-refractivity contribution in [2.75, 3.05) is 11.8 Å². The Hall–Kier alpha value is -2.70. The van der Waals surface area contributed by atoms with Crippen LogP contribution in [0.1, 0.15) is 0 Å². The molecule has 0 saturated heterocycles. The summed E-state index contributed by atoms with van der Waals surface area (Å²) < 4.78 is 125. The Kier molecular flexibility index (Phi) is 5.45. The molecule has 0 unspecified atom stereocenters. The molecule has 0 aliphatic rings. The van der Waals surface area contributed by atoms with E-state index < -0.39 is 50.3 Å². The molecule has 2 aromatic carbocycles. The lowest BCUT2D eigenvalue weighted by molar-refractivity contribution is -0.276. The van der Waals surface area contributed by atoms with Crippen LogP contribution in [0.5, 0.6) is 11.5 Å². The van der Waals surface area contributed by atoms with Crippen molar-refractivity contribution in [3.05, 3.63) is 47.5 Å². The number of ether oxygens (including phenoxy) is 2. The summed E-state index contributed by atoms with van der Waals surface area (Å²) in [6.45, 7) is 0. The van der Waals surface area contributed by atoms with Crippen LogP contribution in [0, 0.1) is 23.3 Å². The number of methoxy groups -OCH3 is 1. The second-order valence-corrected chi connectivity index (χ2v) is 6.42. The minimum absolute atomic E-state index is 0.272. The Bertz CT molecular complexity index is 930. The molecule has 2 rings (SSSR count).